The lowest BCUT2D eigenvalue weighted by molar-refractivity contribution is -0.122. The minimum Gasteiger partial charge on any atom is -0.355 e. The van der Waals surface area contributed by atoms with Crippen LogP contribution in [0.25, 0.3) is 0 Å². The number of amides is 1. The van der Waals surface area contributed by atoms with E-state index in [0.29, 0.717) is 5.92 Å². The minimum atomic E-state index is -0.104. The van der Waals surface area contributed by atoms with Crippen LogP contribution >= 0.6 is 0 Å². The van der Waals surface area contributed by atoms with Gasteiger partial charge in [0.25, 0.3) is 0 Å². The summed E-state index contributed by atoms with van der Waals surface area (Å²) in [6.07, 6.45) is 2.15. The van der Waals surface area contributed by atoms with E-state index in [-0.39, 0.29) is 17.4 Å². The van der Waals surface area contributed by atoms with Crippen molar-refractivity contribution in [2.45, 2.75) is 60.4 Å². The van der Waals surface area contributed by atoms with E-state index in [1.807, 2.05) is 6.92 Å². The maximum atomic E-state index is 11.8. The molecule has 0 aliphatic heterocycles. The minimum absolute atomic E-state index is 0.104. The van der Waals surface area contributed by atoms with Crippen LogP contribution < -0.4 is 10.6 Å². The van der Waals surface area contributed by atoms with E-state index in [1.54, 1.807) is 0 Å². The third-order valence-corrected chi connectivity index (χ3v) is 3.26. The SMILES string of the molecule is CCC(C)(C)CNC(C)C(=O)NCCC(C)C. The molecule has 102 valence electrons. The van der Waals surface area contributed by atoms with Crippen molar-refractivity contribution in [2.75, 3.05) is 13.1 Å². The average Bonchev–Trinajstić information content (AvgIpc) is 2.25. The van der Waals surface area contributed by atoms with Crippen molar-refractivity contribution in [3.05, 3.63) is 0 Å². The van der Waals surface area contributed by atoms with Gasteiger partial charge in [0.1, 0.15) is 0 Å². The molecular weight excluding hydrogens is 212 g/mol. The zero-order valence-electron chi connectivity index (χ0n) is 12.4. The Morgan fingerprint density at radius 3 is 2.29 bits per heavy atom. The summed E-state index contributed by atoms with van der Waals surface area (Å²) in [6.45, 7) is 14.5. The number of rotatable bonds is 8. The first-order valence-corrected chi connectivity index (χ1v) is 6.79. The van der Waals surface area contributed by atoms with Gasteiger partial charge in [-0.2, -0.15) is 0 Å². The molecule has 0 aliphatic carbocycles. The zero-order valence-corrected chi connectivity index (χ0v) is 12.4. The van der Waals surface area contributed by atoms with Crippen LogP contribution in [0.2, 0.25) is 0 Å². The third-order valence-electron chi connectivity index (χ3n) is 3.26. The molecule has 0 spiro atoms. The van der Waals surface area contributed by atoms with Crippen LogP contribution in [-0.2, 0) is 4.79 Å². The second-order valence-corrected chi connectivity index (χ2v) is 6.09. The molecule has 1 atom stereocenters. The highest BCUT2D eigenvalue weighted by atomic mass is 16.2. The Kier molecular flexibility index (Phi) is 7.44. The molecule has 3 heteroatoms. The predicted molar refractivity (Wildman–Crippen MR) is 74.0 cm³/mol. The maximum Gasteiger partial charge on any atom is 0.236 e. The number of carbonyl (C=O) groups excluding carboxylic acids is 1. The molecule has 0 aromatic carbocycles. The second kappa shape index (κ2) is 7.70. The fraction of sp³-hybridized carbons (Fsp3) is 0.929. The number of hydrogen-bond donors (Lipinski definition) is 2. The van der Waals surface area contributed by atoms with Crippen LogP contribution in [0.3, 0.4) is 0 Å². The van der Waals surface area contributed by atoms with E-state index in [1.165, 1.54) is 0 Å². The van der Waals surface area contributed by atoms with Gasteiger partial charge in [-0.25, -0.2) is 0 Å². The summed E-state index contributed by atoms with van der Waals surface area (Å²) in [6, 6.07) is -0.104. The van der Waals surface area contributed by atoms with Crippen LogP contribution in [0, 0.1) is 11.3 Å². The molecule has 0 heterocycles. The Morgan fingerprint density at radius 1 is 1.24 bits per heavy atom. The van der Waals surface area contributed by atoms with Gasteiger partial charge in [-0.05, 0) is 31.1 Å². The van der Waals surface area contributed by atoms with E-state index >= 15 is 0 Å². The van der Waals surface area contributed by atoms with E-state index in [9.17, 15) is 4.79 Å². The molecule has 2 N–H and O–H groups in total. The molecule has 17 heavy (non-hydrogen) atoms. The quantitative estimate of drug-likeness (QED) is 0.687. The first-order chi connectivity index (χ1) is 7.78. The van der Waals surface area contributed by atoms with Crippen molar-refractivity contribution in [3.8, 4) is 0 Å². The van der Waals surface area contributed by atoms with Crippen LogP contribution in [0.15, 0.2) is 0 Å². The molecule has 0 radical (unpaired) electrons. The molecule has 0 bridgehead atoms. The van der Waals surface area contributed by atoms with Gasteiger partial charge in [-0.3, -0.25) is 4.79 Å². The van der Waals surface area contributed by atoms with Crippen molar-refractivity contribution in [1.29, 1.82) is 0 Å². The molecule has 0 saturated carbocycles. The Balaban J connectivity index is 3.82. The Labute approximate surface area is 107 Å². The third kappa shape index (κ3) is 8.19. The summed E-state index contributed by atoms with van der Waals surface area (Å²) in [5, 5.41) is 6.27. The lowest BCUT2D eigenvalue weighted by atomic mass is 9.90. The Morgan fingerprint density at radius 2 is 1.82 bits per heavy atom. The highest BCUT2D eigenvalue weighted by Gasteiger charge is 2.18. The summed E-state index contributed by atoms with van der Waals surface area (Å²) >= 11 is 0. The molecule has 0 rings (SSSR count). The van der Waals surface area contributed by atoms with Gasteiger partial charge in [-0.15, -0.1) is 0 Å². The van der Waals surface area contributed by atoms with Gasteiger partial charge in [0.2, 0.25) is 5.91 Å². The summed E-state index contributed by atoms with van der Waals surface area (Å²) in [5.41, 5.74) is 0.256. The van der Waals surface area contributed by atoms with Crippen LogP contribution in [0.4, 0.5) is 0 Å². The van der Waals surface area contributed by atoms with Crippen molar-refractivity contribution in [2.24, 2.45) is 11.3 Å². The van der Waals surface area contributed by atoms with Gasteiger partial charge >= 0.3 is 0 Å². The summed E-state index contributed by atoms with van der Waals surface area (Å²) in [5.74, 6) is 0.746. The molecule has 0 fully saturated rings. The summed E-state index contributed by atoms with van der Waals surface area (Å²) in [7, 11) is 0. The Bertz CT molecular complexity index is 224. The van der Waals surface area contributed by atoms with Crippen molar-refractivity contribution < 1.29 is 4.79 Å². The molecule has 0 aromatic rings. The first kappa shape index (κ1) is 16.4. The van der Waals surface area contributed by atoms with E-state index in [4.69, 9.17) is 0 Å². The highest BCUT2D eigenvalue weighted by molar-refractivity contribution is 5.81. The number of hydrogen-bond acceptors (Lipinski definition) is 2. The topological polar surface area (TPSA) is 41.1 Å². The second-order valence-electron chi connectivity index (χ2n) is 6.09. The molecule has 3 nitrogen and oxygen atoms in total. The fourth-order valence-electron chi connectivity index (χ4n) is 1.28. The largest absolute Gasteiger partial charge is 0.355 e. The fourth-order valence-corrected chi connectivity index (χ4v) is 1.28. The van der Waals surface area contributed by atoms with Crippen LogP contribution in [0.5, 0.6) is 0 Å². The predicted octanol–water partition coefficient (Wildman–Crippen LogP) is 2.56. The monoisotopic (exact) mass is 242 g/mol. The lowest BCUT2D eigenvalue weighted by Crippen LogP contribution is -2.45. The van der Waals surface area contributed by atoms with Crippen LogP contribution in [0.1, 0.15) is 54.4 Å². The smallest absolute Gasteiger partial charge is 0.236 e. The molecular formula is C14H30N2O. The number of carbonyl (C=O) groups is 1. The summed E-state index contributed by atoms with van der Waals surface area (Å²) in [4.78, 5) is 11.8. The standard InChI is InChI=1S/C14H30N2O/c1-7-14(5,6)10-16-12(4)13(17)15-9-8-11(2)3/h11-12,16H,7-10H2,1-6H3,(H,15,17). The lowest BCUT2D eigenvalue weighted by Gasteiger charge is -2.25. The van der Waals surface area contributed by atoms with Crippen LogP contribution in [-0.4, -0.2) is 25.0 Å². The normalized spacial score (nSPS) is 13.8. The molecule has 0 saturated heterocycles. The summed E-state index contributed by atoms with van der Waals surface area (Å²) < 4.78 is 0. The van der Waals surface area contributed by atoms with Gasteiger partial charge in [0.15, 0.2) is 0 Å². The molecule has 0 aliphatic rings. The molecule has 0 aromatic heterocycles. The van der Waals surface area contributed by atoms with Gasteiger partial charge in [0.05, 0.1) is 6.04 Å². The van der Waals surface area contributed by atoms with E-state index in [2.05, 4.69) is 45.3 Å². The van der Waals surface area contributed by atoms with E-state index in [0.717, 1.165) is 25.9 Å². The average molecular weight is 242 g/mol. The van der Waals surface area contributed by atoms with Gasteiger partial charge < -0.3 is 10.6 Å². The van der Waals surface area contributed by atoms with Crippen molar-refractivity contribution in [1.82, 2.24) is 10.6 Å². The van der Waals surface area contributed by atoms with Crippen molar-refractivity contribution >= 4 is 5.91 Å². The Hall–Kier alpha value is -0.570. The first-order valence-electron chi connectivity index (χ1n) is 6.79. The molecule has 1 unspecified atom stereocenters. The zero-order chi connectivity index (χ0) is 13.5. The van der Waals surface area contributed by atoms with Crippen molar-refractivity contribution in [3.63, 3.8) is 0 Å². The van der Waals surface area contributed by atoms with E-state index < -0.39 is 0 Å². The van der Waals surface area contributed by atoms with Gasteiger partial charge in [0, 0.05) is 13.1 Å². The van der Waals surface area contributed by atoms with Gasteiger partial charge in [-0.1, -0.05) is 34.6 Å². The number of nitrogens with one attached hydrogen (secondary N) is 2. The molecule has 1 amide bonds. The highest BCUT2D eigenvalue weighted by Crippen LogP contribution is 2.17. The maximum absolute atomic E-state index is 11.8.